The van der Waals surface area contributed by atoms with Gasteiger partial charge in [-0.05, 0) is 54.5 Å². The van der Waals surface area contributed by atoms with Gasteiger partial charge in [-0.15, -0.1) is 11.3 Å². The van der Waals surface area contributed by atoms with Crippen LogP contribution in [0.4, 0.5) is 5.00 Å². The molecule has 0 bridgehead atoms. The average molecular weight is 379 g/mol. The van der Waals surface area contributed by atoms with Crippen LogP contribution in [0.25, 0.3) is 10.8 Å². The smallest absolute Gasteiger partial charge is 0.258 e. The van der Waals surface area contributed by atoms with Gasteiger partial charge in [-0.25, -0.2) is 0 Å². The molecule has 2 aromatic heterocycles. The van der Waals surface area contributed by atoms with Crippen molar-refractivity contribution in [3.63, 3.8) is 0 Å². The summed E-state index contributed by atoms with van der Waals surface area (Å²) in [5.74, 6) is 0.355. The highest BCUT2D eigenvalue weighted by Crippen LogP contribution is 2.38. The summed E-state index contributed by atoms with van der Waals surface area (Å²) in [6.07, 6.45) is 4.50. The maximum atomic E-state index is 12.6. The van der Waals surface area contributed by atoms with E-state index in [0.29, 0.717) is 21.7 Å². The summed E-state index contributed by atoms with van der Waals surface area (Å²) < 4.78 is 6.55. The minimum absolute atomic E-state index is 0.103. The number of aromatic nitrogens is 1. The van der Waals surface area contributed by atoms with Crippen LogP contribution in [-0.4, -0.2) is 17.6 Å². The fourth-order valence-corrected chi connectivity index (χ4v) is 4.71. The van der Waals surface area contributed by atoms with Crippen molar-refractivity contribution in [2.24, 2.45) is 0 Å². The third-order valence-corrected chi connectivity index (χ3v) is 5.99. The summed E-state index contributed by atoms with van der Waals surface area (Å²) in [5, 5.41) is 14.1. The number of benzene rings is 1. The summed E-state index contributed by atoms with van der Waals surface area (Å²) in [7, 11) is 1.57. The highest BCUT2D eigenvalue weighted by atomic mass is 32.1. The molecule has 3 aromatic rings. The first-order valence-electron chi connectivity index (χ1n) is 8.62. The van der Waals surface area contributed by atoms with Crippen LogP contribution >= 0.6 is 11.3 Å². The van der Waals surface area contributed by atoms with Gasteiger partial charge in [0.2, 0.25) is 5.91 Å². The van der Waals surface area contributed by atoms with Crippen molar-refractivity contribution in [3.8, 4) is 11.8 Å². The molecule has 136 valence electrons. The van der Waals surface area contributed by atoms with E-state index < -0.39 is 0 Å². The molecule has 27 heavy (non-hydrogen) atoms. The summed E-state index contributed by atoms with van der Waals surface area (Å²) in [4.78, 5) is 26.3. The number of aryl methyl sites for hydroxylation is 1. The Hall–Kier alpha value is -3.11. The fraction of sp³-hybridized carbons (Fsp3) is 0.250. The molecule has 0 saturated carbocycles. The summed E-state index contributed by atoms with van der Waals surface area (Å²) >= 11 is 1.47. The molecule has 0 radical (unpaired) electrons. The molecule has 2 heterocycles. The zero-order chi connectivity index (χ0) is 19.0. The topological polar surface area (TPSA) is 84.1 Å². The van der Waals surface area contributed by atoms with Crippen LogP contribution in [0, 0.1) is 11.3 Å². The summed E-state index contributed by atoms with van der Waals surface area (Å²) in [5.41, 5.74) is 1.40. The molecule has 0 fully saturated rings. The molecule has 1 aromatic carbocycles. The van der Waals surface area contributed by atoms with Crippen LogP contribution in [0.15, 0.2) is 35.3 Å². The van der Waals surface area contributed by atoms with Crippen LogP contribution in [0.2, 0.25) is 0 Å². The molecule has 1 aliphatic carbocycles. The zero-order valence-electron chi connectivity index (χ0n) is 14.7. The molecule has 0 spiro atoms. The largest absolute Gasteiger partial charge is 0.497 e. The van der Waals surface area contributed by atoms with Crippen LogP contribution < -0.4 is 15.6 Å². The maximum Gasteiger partial charge on any atom is 0.258 e. The second kappa shape index (κ2) is 6.89. The number of rotatable bonds is 4. The molecule has 1 aliphatic rings. The van der Waals surface area contributed by atoms with Gasteiger partial charge in [0.15, 0.2) is 0 Å². The minimum Gasteiger partial charge on any atom is -0.497 e. The number of anilines is 1. The molecule has 4 rings (SSSR count). The second-order valence-corrected chi connectivity index (χ2v) is 7.53. The minimum atomic E-state index is -0.318. The van der Waals surface area contributed by atoms with Crippen molar-refractivity contribution in [2.75, 3.05) is 12.4 Å². The molecule has 0 unspecified atom stereocenters. The summed E-state index contributed by atoms with van der Waals surface area (Å²) in [6.45, 7) is -0.103. The van der Waals surface area contributed by atoms with Crippen molar-refractivity contribution in [3.05, 3.63) is 56.8 Å². The fourth-order valence-electron chi connectivity index (χ4n) is 3.45. The predicted molar refractivity (Wildman–Crippen MR) is 104 cm³/mol. The van der Waals surface area contributed by atoms with Crippen molar-refractivity contribution in [2.45, 2.75) is 25.8 Å². The lowest BCUT2D eigenvalue weighted by Gasteiger charge is -2.09. The number of fused-ring (bicyclic) bond motifs is 2. The molecule has 6 nitrogen and oxygen atoms in total. The van der Waals surface area contributed by atoms with Gasteiger partial charge in [0.05, 0.1) is 12.7 Å². The van der Waals surface area contributed by atoms with Crippen LogP contribution in [-0.2, 0) is 24.2 Å². The Morgan fingerprint density at radius 3 is 3.00 bits per heavy atom. The van der Waals surface area contributed by atoms with E-state index in [1.165, 1.54) is 20.8 Å². The molecular formula is C20H17N3O3S. The van der Waals surface area contributed by atoms with Crippen LogP contribution in [0.3, 0.4) is 0 Å². The molecule has 0 atom stereocenters. The van der Waals surface area contributed by atoms with Crippen LogP contribution in [0.1, 0.15) is 22.4 Å². The first kappa shape index (κ1) is 17.3. The number of nitriles is 1. The van der Waals surface area contributed by atoms with E-state index in [1.807, 2.05) is 0 Å². The number of nitrogens with zero attached hydrogens (tertiary/aromatic N) is 2. The number of pyridine rings is 1. The number of thiophene rings is 1. The maximum absolute atomic E-state index is 12.6. The SMILES string of the molecule is COc1ccc2c(=O)n(CC(=O)Nc3sc4c(c3C#N)CCC4)ccc2c1. The summed E-state index contributed by atoms with van der Waals surface area (Å²) in [6, 6.07) is 9.20. The Balaban J connectivity index is 1.58. The highest BCUT2D eigenvalue weighted by Gasteiger charge is 2.23. The van der Waals surface area contributed by atoms with Crippen molar-refractivity contribution in [1.82, 2.24) is 4.57 Å². The molecule has 0 saturated heterocycles. The van der Waals surface area contributed by atoms with E-state index in [4.69, 9.17) is 4.74 Å². The number of amides is 1. The van der Waals surface area contributed by atoms with Gasteiger partial charge in [-0.1, -0.05) is 0 Å². The third kappa shape index (κ3) is 3.09. The first-order valence-corrected chi connectivity index (χ1v) is 9.44. The number of ether oxygens (including phenoxy) is 1. The van der Waals surface area contributed by atoms with Gasteiger partial charge in [0, 0.05) is 16.5 Å². The zero-order valence-corrected chi connectivity index (χ0v) is 15.6. The quantitative estimate of drug-likeness (QED) is 0.755. The normalized spacial score (nSPS) is 12.6. The third-order valence-electron chi connectivity index (χ3n) is 4.78. The van der Waals surface area contributed by atoms with E-state index in [1.54, 1.807) is 37.6 Å². The monoisotopic (exact) mass is 379 g/mol. The molecule has 0 aliphatic heterocycles. The average Bonchev–Trinajstić information content (AvgIpc) is 3.24. The van der Waals surface area contributed by atoms with Crippen LogP contribution in [0.5, 0.6) is 5.75 Å². The van der Waals surface area contributed by atoms with E-state index in [0.717, 1.165) is 30.2 Å². The van der Waals surface area contributed by atoms with Gasteiger partial charge in [-0.2, -0.15) is 5.26 Å². The Kier molecular flexibility index (Phi) is 4.42. The van der Waals surface area contributed by atoms with Gasteiger partial charge >= 0.3 is 0 Å². The lowest BCUT2D eigenvalue weighted by Crippen LogP contribution is -2.27. The number of nitrogens with one attached hydrogen (secondary N) is 1. The van der Waals surface area contributed by atoms with Gasteiger partial charge < -0.3 is 14.6 Å². The first-order chi connectivity index (χ1) is 13.1. The van der Waals surface area contributed by atoms with Crippen molar-refractivity contribution < 1.29 is 9.53 Å². The van der Waals surface area contributed by atoms with Crippen molar-refractivity contribution >= 4 is 33.0 Å². The van der Waals surface area contributed by atoms with Gasteiger partial charge in [-0.3, -0.25) is 9.59 Å². The lowest BCUT2D eigenvalue weighted by atomic mass is 10.1. The number of carbonyl (C=O) groups excluding carboxylic acids is 1. The number of carbonyl (C=O) groups is 1. The molecular weight excluding hydrogens is 362 g/mol. The number of hydrogen-bond donors (Lipinski definition) is 1. The Morgan fingerprint density at radius 1 is 1.37 bits per heavy atom. The predicted octanol–water partition coefficient (Wildman–Crippen LogP) is 3.07. The van der Waals surface area contributed by atoms with Gasteiger partial charge in [0.25, 0.3) is 5.56 Å². The van der Waals surface area contributed by atoms with Crippen molar-refractivity contribution in [1.29, 1.82) is 5.26 Å². The lowest BCUT2D eigenvalue weighted by molar-refractivity contribution is -0.116. The van der Waals surface area contributed by atoms with E-state index in [-0.39, 0.29) is 18.0 Å². The Bertz CT molecular complexity index is 1150. The highest BCUT2D eigenvalue weighted by molar-refractivity contribution is 7.16. The van der Waals surface area contributed by atoms with E-state index in [2.05, 4.69) is 11.4 Å². The Labute approximate surface area is 159 Å². The molecule has 7 heteroatoms. The van der Waals surface area contributed by atoms with Gasteiger partial charge in [0.1, 0.15) is 23.4 Å². The molecule has 1 N–H and O–H groups in total. The standard InChI is InChI=1S/C20H17N3O3S/c1-26-13-5-6-14-12(9-13)7-8-23(20(14)25)11-18(24)22-19-16(10-21)15-3-2-4-17(15)27-19/h5-9H,2-4,11H2,1H3,(H,22,24). The second-order valence-electron chi connectivity index (χ2n) is 6.42. The van der Waals surface area contributed by atoms with E-state index >= 15 is 0 Å². The van der Waals surface area contributed by atoms with E-state index in [9.17, 15) is 14.9 Å². The number of hydrogen-bond acceptors (Lipinski definition) is 5. The molecule has 1 amide bonds. The number of methoxy groups -OCH3 is 1. The Morgan fingerprint density at radius 2 is 2.22 bits per heavy atom.